The highest BCUT2D eigenvalue weighted by Crippen LogP contribution is 2.43. The van der Waals surface area contributed by atoms with Crippen molar-refractivity contribution in [3.05, 3.63) is 0 Å². The van der Waals surface area contributed by atoms with Crippen molar-refractivity contribution in [2.75, 3.05) is 40.4 Å². The predicted molar refractivity (Wildman–Crippen MR) is 74.8 cm³/mol. The van der Waals surface area contributed by atoms with Crippen LogP contribution < -0.4 is 5.32 Å². The Kier molecular flexibility index (Phi) is 4.48. The van der Waals surface area contributed by atoms with E-state index >= 15 is 0 Å². The topological polar surface area (TPSA) is 44.8 Å². The molecule has 2 fully saturated rings. The molecule has 1 N–H and O–H groups in total. The number of ether oxygens (including phenoxy) is 1. The zero-order valence-electron chi connectivity index (χ0n) is 12.6. The molecule has 1 aliphatic carbocycles. The fourth-order valence-corrected chi connectivity index (χ4v) is 2.71. The van der Waals surface area contributed by atoms with Gasteiger partial charge in [-0.25, -0.2) is 0 Å². The van der Waals surface area contributed by atoms with Crippen molar-refractivity contribution in [3.63, 3.8) is 0 Å². The first kappa shape index (κ1) is 14.8. The Labute approximate surface area is 116 Å². The van der Waals surface area contributed by atoms with Crippen LogP contribution >= 0.6 is 0 Å². The summed E-state index contributed by atoms with van der Waals surface area (Å²) in [6, 6.07) is 0. The van der Waals surface area contributed by atoms with E-state index < -0.39 is 0 Å². The van der Waals surface area contributed by atoms with E-state index in [4.69, 9.17) is 4.74 Å². The number of likely N-dealkylation sites (N-methyl/N-ethyl adjacent to an activating group) is 1. The van der Waals surface area contributed by atoms with Gasteiger partial charge in [0.05, 0.1) is 18.3 Å². The highest BCUT2D eigenvalue weighted by atomic mass is 16.5. The molecule has 1 aliphatic heterocycles. The zero-order valence-corrected chi connectivity index (χ0v) is 12.6. The fraction of sp³-hybridized carbons (Fsp3) is 0.929. The van der Waals surface area contributed by atoms with Gasteiger partial charge in [0.15, 0.2) is 0 Å². The monoisotopic (exact) mass is 269 g/mol. The van der Waals surface area contributed by atoms with Crippen LogP contribution in [0.25, 0.3) is 0 Å². The normalized spacial score (nSPS) is 25.1. The van der Waals surface area contributed by atoms with Gasteiger partial charge in [-0.2, -0.15) is 0 Å². The molecule has 110 valence electrons. The van der Waals surface area contributed by atoms with Crippen LogP contribution in [0, 0.1) is 5.92 Å². The summed E-state index contributed by atoms with van der Waals surface area (Å²) >= 11 is 0. The van der Waals surface area contributed by atoms with E-state index in [9.17, 15) is 4.79 Å². The molecule has 5 heteroatoms. The highest BCUT2D eigenvalue weighted by Gasteiger charge is 2.59. The molecule has 1 heterocycles. The van der Waals surface area contributed by atoms with Crippen molar-refractivity contribution < 1.29 is 9.53 Å². The lowest BCUT2D eigenvalue weighted by molar-refractivity contribution is -0.131. The van der Waals surface area contributed by atoms with Gasteiger partial charge in [-0.15, -0.1) is 0 Å². The van der Waals surface area contributed by atoms with Crippen LogP contribution in [0.3, 0.4) is 0 Å². The first-order chi connectivity index (χ1) is 9.00. The fourth-order valence-electron chi connectivity index (χ4n) is 2.71. The molecule has 0 aromatic carbocycles. The molecule has 1 saturated carbocycles. The van der Waals surface area contributed by atoms with E-state index in [0.717, 1.165) is 39.1 Å². The van der Waals surface area contributed by atoms with Gasteiger partial charge in [0.2, 0.25) is 5.91 Å². The summed E-state index contributed by atoms with van der Waals surface area (Å²) in [6.45, 7) is 7.69. The first-order valence-electron chi connectivity index (χ1n) is 7.26. The lowest BCUT2D eigenvalue weighted by Gasteiger charge is -2.29. The third-order valence-corrected chi connectivity index (χ3v) is 4.21. The van der Waals surface area contributed by atoms with Gasteiger partial charge in [0, 0.05) is 26.7 Å². The molecular formula is C14H27N3O2. The van der Waals surface area contributed by atoms with E-state index in [1.54, 1.807) is 7.11 Å². The van der Waals surface area contributed by atoms with Gasteiger partial charge in [0.25, 0.3) is 0 Å². The number of hydrogen-bond donors (Lipinski definition) is 1. The molecule has 1 amide bonds. The van der Waals surface area contributed by atoms with Crippen molar-refractivity contribution in [1.29, 1.82) is 0 Å². The molecule has 19 heavy (non-hydrogen) atoms. The third-order valence-electron chi connectivity index (χ3n) is 4.21. The zero-order chi connectivity index (χ0) is 14.0. The number of amides is 1. The number of nitrogens with one attached hydrogen (secondary N) is 1. The van der Waals surface area contributed by atoms with Crippen LogP contribution in [0.15, 0.2) is 0 Å². The lowest BCUT2D eigenvalue weighted by atomic mass is 10.1. The second kappa shape index (κ2) is 5.77. The van der Waals surface area contributed by atoms with Crippen LogP contribution in [0.2, 0.25) is 0 Å². The van der Waals surface area contributed by atoms with Crippen molar-refractivity contribution in [2.24, 2.45) is 5.92 Å². The molecule has 0 aromatic heterocycles. The molecular weight excluding hydrogens is 242 g/mol. The van der Waals surface area contributed by atoms with Crippen LogP contribution in [0.5, 0.6) is 0 Å². The van der Waals surface area contributed by atoms with Crippen LogP contribution in [-0.2, 0) is 9.53 Å². The average molecular weight is 269 g/mol. The molecule has 1 unspecified atom stereocenters. The van der Waals surface area contributed by atoms with Gasteiger partial charge < -0.3 is 14.5 Å². The predicted octanol–water partition coefficient (Wildman–Crippen LogP) is 0.511. The molecule has 2 aliphatic rings. The molecule has 5 nitrogen and oxygen atoms in total. The van der Waals surface area contributed by atoms with Crippen molar-refractivity contribution in [1.82, 2.24) is 15.1 Å². The summed E-state index contributed by atoms with van der Waals surface area (Å²) in [5.74, 6) is 0.763. The van der Waals surface area contributed by atoms with Gasteiger partial charge in [-0.1, -0.05) is 13.8 Å². The SMILES string of the molecule is COCCN(C)CCN1C(=O)C2(CC2)NC1C(C)C. The van der Waals surface area contributed by atoms with E-state index in [0.29, 0.717) is 11.8 Å². The van der Waals surface area contributed by atoms with Gasteiger partial charge in [-0.05, 0) is 25.8 Å². The Morgan fingerprint density at radius 3 is 2.68 bits per heavy atom. The van der Waals surface area contributed by atoms with Crippen molar-refractivity contribution >= 4 is 5.91 Å². The third kappa shape index (κ3) is 3.09. The standard InChI is InChI=1S/C14H27N3O2/c1-11(2)12-15-14(5-6-14)13(18)17(12)8-7-16(3)9-10-19-4/h11-12,15H,5-10H2,1-4H3. The molecule has 1 atom stereocenters. The van der Waals surface area contributed by atoms with E-state index in [-0.39, 0.29) is 11.7 Å². The summed E-state index contributed by atoms with van der Waals surface area (Å²) < 4.78 is 5.07. The maximum Gasteiger partial charge on any atom is 0.244 e. The first-order valence-corrected chi connectivity index (χ1v) is 7.26. The Balaban J connectivity index is 1.88. The summed E-state index contributed by atoms with van der Waals surface area (Å²) in [6.07, 6.45) is 2.21. The highest BCUT2D eigenvalue weighted by molar-refractivity contribution is 5.91. The van der Waals surface area contributed by atoms with Gasteiger partial charge in [0.1, 0.15) is 0 Å². The number of methoxy groups -OCH3 is 1. The van der Waals surface area contributed by atoms with E-state index in [1.165, 1.54) is 0 Å². The smallest absolute Gasteiger partial charge is 0.244 e. The number of rotatable bonds is 7. The number of carbonyl (C=O) groups is 1. The summed E-state index contributed by atoms with van der Waals surface area (Å²) in [4.78, 5) is 16.7. The minimum absolute atomic E-state index is 0.194. The van der Waals surface area contributed by atoms with E-state index in [2.05, 4.69) is 31.1 Å². The number of carbonyl (C=O) groups excluding carboxylic acids is 1. The summed E-state index contributed by atoms with van der Waals surface area (Å²) in [7, 11) is 3.79. The second-order valence-electron chi connectivity index (χ2n) is 6.21. The minimum atomic E-state index is -0.194. The molecule has 1 spiro atoms. The Morgan fingerprint density at radius 1 is 1.47 bits per heavy atom. The maximum absolute atomic E-state index is 12.5. The summed E-state index contributed by atoms with van der Waals surface area (Å²) in [5.41, 5.74) is -0.194. The second-order valence-corrected chi connectivity index (χ2v) is 6.21. The van der Waals surface area contributed by atoms with Gasteiger partial charge >= 0.3 is 0 Å². The average Bonchev–Trinajstić information content (AvgIpc) is 3.09. The lowest BCUT2D eigenvalue weighted by Crippen LogP contribution is -2.44. The van der Waals surface area contributed by atoms with Crippen LogP contribution in [-0.4, -0.2) is 67.8 Å². The van der Waals surface area contributed by atoms with Crippen LogP contribution in [0.1, 0.15) is 26.7 Å². The van der Waals surface area contributed by atoms with Crippen molar-refractivity contribution in [3.8, 4) is 0 Å². The number of nitrogens with zero attached hydrogens (tertiary/aromatic N) is 2. The molecule has 0 radical (unpaired) electrons. The summed E-state index contributed by atoms with van der Waals surface area (Å²) in [5, 5.41) is 3.54. The van der Waals surface area contributed by atoms with Gasteiger partial charge in [-0.3, -0.25) is 10.1 Å². The Morgan fingerprint density at radius 2 is 2.16 bits per heavy atom. The molecule has 0 bridgehead atoms. The maximum atomic E-state index is 12.5. The largest absolute Gasteiger partial charge is 0.383 e. The minimum Gasteiger partial charge on any atom is -0.383 e. The van der Waals surface area contributed by atoms with Crippen molar-refractivity contribution in [2.45, 2.75) is 38.4 Å². The molecule has 1 saturated heterocycles. The van der Waals surface area contributed by atoms with Crippen LogP contribution in [0.4, 0.5) is 0 Å². The Hall–Kier alpha value is -0.650. The quantitative estimate of drug-likeness (QED) is 0.731. The van der Waals surface area contributed by atoms with E-state index in [1.807, 2.05) is 4.90 Å². The number of hydrogen-bond acceptors (Lipinski definition) is 4. The molecule has 2 rings (SSSR count). The molecule has 0 aromatic rings. The Bertz CT molecular complexity index is 329.